The highest BCUT2D eigenvalue weighted by molar-refractivity contribution is 6.30. The molecule has 0 fully saturated rings. The molecule has 0 spiro atoms. The van der Waals surface area contributed by atoms with Crippen LogP contribution in [0, 0.1) is 0 Å². The van der Waals surface area contributed by atoms with Crippen LogP contribution in [0.25, 0.3) is 11.3 Å². The first-order valence-corrected chi connectivity index (χ1v) is 10.6. The van der Waals surface area contributed by atoms with Crippen molar-refractivity contribution in [3.8, 4) is 11.3 Å². The van der Waals surface area contributed by atoms with E-state index in [9.17, 15) is 27.6 Å². The number of aromatic nitrogens is 3. The molecule has 6 nitrogen and oxygen atoms in total. The van der Waals surface area contributed by atoms with E-state index in [0.717, 1.165) is 4.57 Å². The van der Waals surface area contributed by atoms with Crippen LogP contribution in [0.4, 0.5) is 13.2 Å². The van der Waals surface area contributed by atoms with Gasteiger partial charge in [0.05, 0.1) is 12.2 Å². The molecule has 10 heteroatoms. The fourth-order valence-corrected chi connectivity index (χ4v) is 3.44. The average molecular weight is 480 g/mol. The highest BCUT2D eigenvalue weighted by Gasteiger charge is 2.26. The van der Waals surface area contributed by atoms with E-state index in [1.54, 1.807) is 30.3 Å². The van der Waals surface area contributed by atoms with E-state index in [-0.39, 0.29) is 43.0 Å². The van der Waals surface area contributed by atoms with Gasteiger partial charge in [0, 0.05) is 48.2 Å². The van der Waals surface area contributed by atoms with Gasteiger partial charge in [0.25, 0.3) is 5.56 Å². The topological polar surface area (TPSA) is 84.8 Å². The Kier molecular flexibility index (Phi) is 7.86. The Morgan fingerprint density at radius 1 is 1.06 bits per heavy atom. The van der Waals surface area contributed by atoms with Crippen molar-refractivity contribution in [2.75, 3.05) is 0 Å². The summed E-state index contributed by atoms with van der Waals surface area (Å²) in [6.07, 6.45) is -3.88. The number of nitrogens with one attached hydrogen (secondary N) is 1. The molecule has 0 aliphatic heterocycles. The zero-order valence-electron chi connectivity index (χ0n) is 17.5. The lowest BCUT2D eigenvalue weighted by Gasteiger charge is -2.14. The summed E-state index contributed by atoms with van der Waals surface area (Å²) in [6, 6.07) is 10.8. The molecule has 3 rings (SSSR count). The van der Waals surface area contributed by atoms with Crippen molar-refractivity contribution in [3.63, 3.8) is 0 Å². The second-order valence-corrected chi connectivity index (χ2v) is 7.99. The number of alkyl halides is 3. The molecule has 1 N–H and O–H groups in total. The largest absolute Gasteiger partial charge is 0.389 e. The van der Waals surface area contributed by atoms with E-state index >= 15 is 0 Å². The van der Waals surface area contributed by atoms with Crippen LogP contribution in [0.2, 0.25) is 5.02 Å². The molecule has 2 aromatic heterocycles. The quantitative estimate of drug-likeness (QED) is 0.495. The molecule has 174 valence electrons. The molecular weight excluding hydrogens is 459 g/mol. The van der Waals surface area contributed by atoms with E-state index in [2.05, 4.69) is 9.97 Å². The number of halogens is 4. The van der Waals surface area contributed by atoms with Crippen LogP contribution in [-0.4, -0.2) is 26.5 Å². The molecule has 0 saturated heterocycles. The van der Waals surface area contributed by atoms with Crippen LogP contribution in [0.1, 0.15) is 30.7 Å². The van der Waals surface area contributed by atoms with Crippen LogP contribution in [0.15, 0.2) is 58.3 Å². The lowest BCUT2D eigenvalue weighted by Crippen LogP contribution is -2.29. The van der Waals surface area contributed by atoms with Crippen LogP contribution in [0.3, 0.4) is 0 Å². The second kappa shape index (κ2) is 10.6. The Hall–Kier alpha value is -3.20. The number of aryl methyl sites for hydroxylation is 2. The summed E-state index contributed by atoms with van der Waals surface area (Å²) in [5, 5.41) is 0.489. The Labute approximate surface area is 192 Å². The molecule has 0 amide bonds. The predicted molar refractivity (Wildman–Crippen MR) is 118 cm³/mol. The van der Waals surface area contributed by atoms with Crippen molar-refractivity contribution < 1.29 is 18.0 Å². The van der Waals surface area contributed by atoms with Gasteiger partial charge in [-0.05, 0) is 36.6 Å². The van der Waals surface area contributed by atoms with Crippen molar-refractivity contribution in [3.05, 3.63) is 85.8 Å². The normalized spacial score (nSPS) is 11.5. The molecule has 33 heavy (non-hydrogen) atoms. The number of pyridine rings is 1. The van der Waals surface area contributed by atoms with Gasteiger partial charge in [-0.2, -0.15) is 13.2 Å². The number of hydrogen-bond acceptors (Lipinski definition) is 4. The van der Waals surface area contributed by atoms with E-state index in [4.69, 9.17) is 11.6 Å². The van der Waals surface area contributed by atoms with Crippen molar-refractivity contribution >= 4 is 17.4 Å². The van der Waals surface area contributed by atoms with Crippen molar-refractivity contribution in [2.45, 2.75) is 44.8 Å². The standard InChI is InChI=1S/C23H21ClF3N3O3/c24-17-6-4-16(5-7-17)19-13-22(33)30(20(29-19)2-1-10-23(25,26)27)14-18(31)8-3-15-9-11-28-21(32)12-15/h4-7,9,11-13H,1-3,8,10,14H2,(H,28,32). The molecule has 0 bridgehead atoms. The van der Waals surface area contributed by atoms with Gasteiger partial charge in [0.15, 0.2) is 5.78 Å². The van der Waals surface area contributed by atoms with Crippen LogP contribution in [-0.2, 0) is 24.2 Å². The smallest absolute Gasteiger partial charge is 0.329 e. The number of ketones is 1. The Morgan fingerprint density at radius 3 is 2.45 bits per heavy atom. The summed E-state index contributed by atoms with van der Waals surface area (Å²) < 4.78 is 39.0. The highest BCUT2D eigenvalue weighted by Crippen LogP contribution is 2.23. The zero-order valence-corrected chi connectivity index (χ0v) is 18.2. The summed E-state index contributed by atoms with van der Waals surface area (Å²) in [5.74, 6) is -0.184. The maximum absolute atomic E-state index is 12.8. The number of nitrogens with zero attached hydrogens (tertiary/aromatic N) is 2. The van der Waals surface area contributed by atoms with Gasteiger partial charge in [-0.3, -0.25) is 19.0 Å². The molecule has 0 aliphatic rings. The van der Waals surface area contributed by atoms with E-state index < -0.39 is 18.2 Å². The Morgan fingerprint density at radius 2 is 1.79 bits per heavy atom. The summed E-state index contributed by atoms with van der Waals surface area (Å²) in [6.45, 7) is -0.308. The number of benzene rings is 1. The predicted octanol–water partition coefficient (Wildman–Crippen LogP) is 4.34. The van der Waals surface area contributed by atoms with Gasteiger partial charge in [0.1, 0.15) is 5.82 Å². The number of H-pyrrole nitrogens is 1. The van der Waals surface area contributed by atoms with Crippen molar-refractivity contribution in [1.82, 2.24) is 14.5 Å². The number of hydrogen-bond donors (Lipinski definition) is 1. The molecule has 0 aliphatic carbocycles. The van der Waals surface area contributed by atoms with Gasteiger partial charge >= 0.3 is 6.18 Å². The average Bonchev–Trinajstić information content (AvgIpc) is 2.74. The minimum absolute atomic E-state index is 0.0663. The minimum atomic E-state index is -4.33. The van der Waals surface area contributed by atoms with Gasteiger partial charge in [-0.1, -0.05) is 23.7 Å². The van der Waals surface area contributed by atoms with E-state index in [0.29, 0.717) is 28.3 Å². The van der Waals surface area contributed by atoms with Crippen LogP contribution < -0.4 is 11.1 Å². The number of aromatic amines is 1. The molecular formula is C23H21ClF3N3O3. The molecule has 1 aromatic carbocycles. The summed E-state index contributed by atoms with van der Waals surface area (Å²) in [4.78, 5) is 43.6. The van der Waals surface area contributed by atoms with Crippen LogP contribution in [0.5, 0.6) is 0 Å². The monoisotopic (exact) mass is 479 g/mol. The summed E-state index contributed by atoms with van der Waals surface area (Å²) in [5.41, 5.74) is 0.736. The van der Waals surface area contributed by atoms with E-state index in [1.165, 1.54) is 18.3 Å². The third-order valence-corrected chi connectivity index (χ3v) is 5.21. The first kappa shape index (κ1) is 24.4. The summed E-state index contributed by atoms with van der Waals surface area (Å²) in [7, 11) is 0. The van der Waals surface area contributed by atoms with Crippen LogP contribution >= 0.6 is 11.6 Å². The van der Waals surface area contributed by atoms with Gasteiger partial charge in [-0.25, -0.2) is 4.98 Å². The van der Waals surface area contributed by atoms with Gasteiger partial charge in [0.2, 0.25) is 5.56 Å². The maximum Gasteiger partial charge on any atom is 0.389 e. The lowest BCUT2D eigenvalue weighted by atomic mass is 10.1. The van der Waals surface area contributed by atoms with Crippen molar-refractivity contribution in [2.24, 2.45) is 0 Å². The maximum atomic E-state index is 12.8. The number of carbonyl (C=O) groups excluding carboxylic acids is 1. The molecule has 3 aromatic rings. The van der Waals surface area contributed by atoms with Crippen molar-refractivity contribution in [1.29, 1.82) is 0 Å². The molecule has 2 heterocycles. The van der Waals surface area contributed by atoms with Gasteiger partial charge in [-0.15, -0.1) is 0 Å². The molecule has 0 saturated carbocycles. The van der Waals surface area contributed by atoms with Gasteiger partial charge < -0.3 is 4.98 Å². The Balaban J connectivity index is 1.83. The lowest BCUT2D eigenvalue weighted by molar-refractivity contribution is -0.135. The number of rotatable bonds is 9. The molecule has 0 atom stereocenters. The molecule has 0 unspecified atom stereocenters. The fourth-order valence-electron chi connectivity index (χ4n) is 3.31. The second-order valence-electron chi connectivity index (χ2n) is 7.56. The number of carbonyl (C=O) groups is 1. The SMILES string of the molecule is O=C(CCc1cc[nH]c(=O)c1)Cn1c(CCCC(F)(F)F)nc(-c2ccc(Cl)cc2)cc1=O. The first-order chi connectivity index (χ1) is 15.6. The highest BCUT2D eigenvalue weighted by atomic mass is 35.5. The van der Waals surface area contributed by atoms with E-state index in [1.807, 2.05) is 0 Å². The molecule has 0 radical (unpaired) electrons. The Bertz CT molecular complexity index is 1230. The summed E-state index contributed by atoms with van der Waals surface area (Å²) >= 11 is 5.89. The minimum Gasteiger partial charge on any atom is -0.329 e. The zero-order chi connectivity index (χ0) is 24.0. The third kappa shape index (κ3) is 7.42. The fraction of sp³-hybridized carbons (Fsp3) is 0.304. The third-order valence-electron chi connectivity index (χ3n) is 4.95. The number of Topliss-reactive ketones (excluding diaryl/α,β-unsaturated/α-hetero) is 1. The first-order valence-electron chi connectivity index (χ1n) is 10.2.